The summed E-state index contributed by atoms with van der Waals surface area (Å²) >= 11 is 0. The molecular formula is C22H29NO. The van der Waals surface area contributed by atoms with Gasteiger partial charge in [-0.2, -0.15) is 0 Å². The molecule has 2 aromatic rings. The fourth-order valence-electron chi connectivity index (χ4n) is 2.90. The number of rotatable bonds is 8. The van der Waals surface area contributed by atoms with E-state index in [9.17, 15) is 0 Å². The van der Waals surface area contributed by atoms with E-state index in [4.69, 9.17) is 4.74 Å². The largest absolute Gasteiger partial charge is 0.492 e. The van der Waals surface area contributed by atoms with E-state index in [0.29, 0.717) is 0 Å². The van der Waals surface area contributed by atoms with Crippen LogP contribution in [0.4, 0.5) is 0 Å². The minimum atomic E-state index is 0.731. The number of ether oxygens (including phenoxy) is 1. The first-order valence-electron chi connectivity index (χ1n) is 8.84. The first kappa shape index (κ1) is 18.3. The van der Waals surface area contributed by atoms with Gasteiger partial charge in [-0.1, -0.05) is 61.9 Å². The summed E-state index contributed by atoms with van der Waals surface area (Å²) in [5.74, 6) is 0.937. The molecule has 0 fully saturated rings. The highest BCUT2D eigenvalue weighted by atomic mass is 16.5. The summed E-state index contributed by atoms with van der Waals surface area (Å²) in [7, 11) is 0. The molecule has 0 amide bonds. The Morgan fingerprint density at radius 1 is 0.833 bits per heavy atom. The van der Waals surface area contributed by atoms with Crippen LogP contribution in [-0.2, 0) is 0 Å². The molecule has 0 heterocycles. The van der Waals surface area contributed by atoms with Crippen molar-refractivity contribution in [3.05, 3.63) is 71.3 Å². The Hall–Kier alpha value is -2.06. The predicted octanol–water partition coefficient (Wildman–Crippen LogP) is 5.25. The minimum Gasteiger partial charge on any atom is -0.492 e. The van der Waals surface area contributed by atoms with Gasteiger partial charge in [0.1, 0.15) is 12.4 Å². The van der Waals surface area contributed by atoms with E-state index in [-0.39, 0.29) is 0 Å². The molecule has 2 aromatic carbocycles. The van der Waals surface area contributed by atoms with Gasteiger partial charge in [0.2, 0.25) is 0 Å². The first-order chi connectivity index (χ1) is 11.7. The maximum atomic E-state index is 5.88. The number of benzene rings is 2. The number of likely N-dealkylation sites (N-methyl/N-ethyl adjacent to an activating group) is 1. The van der Waals surface area contributed by atoms with Gasteiger partial charge in [-0.05, 0) is 55.8 Å². The minimum absolute atomic E-state index is 0.731. The second-order valence-electron chi connectivity index (χ2n) is 6.14. The summed E-state index contributed by atoms with van der Waals surface area (Å²) in [6.07, 6.45) is 0. The molecule has 0 unspecified atom stereocenters. The van der Waals surface area contributed by atoms with Crippen LogP contribution in [0.5, 0.6) is 5.75 Å². The van der Waals surface area contributed by atoms with Gasteiger partial charge in [-0.3, -0.25) is 0 Å². The van der Waals surface area contributed by atoms with E-state index in [1.54, 1.807) is 0 Å². The molecule has 0 spiro atoms. The molecule has 0 aliphatic carbocycles. The van der Waals surface area contributed by atoms with Crippen molar-refractivity contribution in [3.63, 3.8) is 0 Å². The van der Waals surface area contributed by atoms with Gasteiger partial charge < -0.3 is 9.64 Å². The molecule has 0 aromatic heterocycles. The lowest BCUT2D eigenvalue weighted by Crippen LogP contribution is -2.27. The quantitative estimate of drug-likeness (QED) is 0.658. The normalized spacial score (nSPS) is 10.7. The lowest BCUT2D eigenvalue weighted by Gasteiger charge is -2.18. The molecule has 0 aliphatic heterocycles. The molecule has 0 saturated carbocycles. The van der Waals surface area contributed by atoms with Gasteiger partial charge in [0.15, 0.2) is 0 Å². The summed E-state index contributed by atoms with van der Waals surface area (Å²) in [5, 5.41) is 0. The Balaban J connectivity index is 2.07. The van der Waals surface area contributed by atoms with Crippen LogP contribution in [0, 0.1) is 0 Å². The average molecular weight is 323 g/mol. The summed E-state index contributed by atoms with van der Waals surface area (Å²) in [6, 6.07) is 19.0. The molecule has 0 saturated heterocycles. The maximum Gasteiger partial charge on any atom is 0.119 e. The second kappa shape index (κ2) is 9.29. The molecule has 0 N–H and O–H groups in total. The molecule has 2 rings (SSSR count). The average Bonchev–Trinajstić information content (AvgIpc) is 2.61. The Morgan fingerprint density at radius 3 is 1.96 bits per heavy atom. The fourth-order valence-corrected chi connectivity index (χ4v) is 2.90. The van der Waals surface area contributed by atoms with Crippen LogP contribution in [0.3, 0.4) is 0 Å². The van der Waals surface area contributed by atoms with Crippen LogP contribution in [0.1, 0.15) is 38.8 Å². The molecule has 0 bridgehead atoms. The number of hydrogen-bond donors (Lipinski definition) is 0. The zero-order valence-corrected chi connectivity index (χ0v) is 15.4. The highest BCUT2D eigenvalue weighted by Crippen LogP contribution is 2.28. The third-order valence-corrected chi connectivity index (χ3v) is 4.28. The smallest absolute Gasteiger partial charge is 0.119 e. The Kier molecular flexibility index (Phi) is 7.07. The molecular weight excluding hydrogens is 294 g/mol. The zero-order chi connectivity index (χ0) is 17.4. The lowest BCUT2D eigenvalue weighted by molar-refractivity contribution is 0.223. The molecule has 128 valence electrons. The summed E-state index contributed by atoms with van der Waals surface area (Å²) in [4.78, 5) is 2.37. The summed E-state index contributed by atoms with van der Waals surface area (Å²) < 4.78 is 5.88. The van der Waals surface area contributed by atoms with Crippen molar-refractivity contribution < 1.29 is 4.74 Å². The van der Waals surface area contributed by atoms with E-state index in [0.717, 1.165) is 32.0 Å². The predicted molar refractivity (Wildman–Crippen MR) is 104 cm³/mol. The number of allylic oxidation sites excluding steroid dienone is 1. The van der Waals surface area contributed by atoms with Gasteiger partial charge >= 0.3 is 0 Å². The number of hydrogen-bond acceptors (Lipinski definition) is 2. The van der Waals surface area contributed by atoms with Gasteiger partial charge in [0.05, 0.1) is 0 Å². The highest BCUT2D eigenvalue weighted by molar-refractivity contribution is 5.81. The molecule has 24 heavy (non-hydrogen) atoms. The van der Waals surface area contributed by atoms with Gasteiger partial charge in [-0.15, -0.1) is 0 Å². The van der Waals surface area contributed by atoms with E-state index < -0.39 is 0 Å². The summed E-state index contributed by atoms with van der Waals surface area (Å²) in [6.45, 7) is 12.5. The third kappa shape index (κ3) is 4.97. The lowest BCUT2D eigenvalue weighted by atomic mass is 9.94. The standard InChI is InChI=1S/C22H29NO/c1-5-23(6-2)16-17-24-21-14-12-20(13-15-21)22(18(3)4)19-10-8-7-9-11-19/h7-15H,5-6,16-17H2,1-4H3. The van der Waals surface area contributed by atoms with Crippen LogP contribution in [0.15, 0.2) is 60.2 Å². The maximum absolute atomic E-state index is 5.88. The van der Waals surface area contributed by atoms with Crippen LogP contribution in [0.2, 0.25) is 0 Å². The second-order valence-corrected chi connectivity index (χ2v) is 6.14. The van der Waals surface area contributed by atoms with Crippen molar-refractivity contribution in [2.24, 2.45) is 0 Å². The van der Waals surface area contributed by atoms with Crippen LogP contribution < -0.4 is 4.74 Å². The zero-order valence-electron chi connectivity index (χ0n) is 15.4. The fraction of sp³-hybridized carbons (Fsp3) is 0.364. The molecule has 2 heteroatoms. The van der Waals surface area contributed by atoms with Crippen molar-refractivity contribution >= 4 is 5.57 Å². The Bertz CT molecular complexity index is 635. The van der Waals surface area contributed by atoms with Crippen molar-refractivity contribution in [1.82, 2.24) is 4.90 Å². The third-order valence-electron chi connectivity index (χ3n) is 4.28. The van der Waals surface area contributed by atoms with Crippen molar-refractivity contribution in [3.8, 4) is 5.75 Å². The van der Waals surface area contributed by atoms with E-state index in [2.05, 4.69) is 87.2 Å². The molecule has 0 aliphatic rings. The van der Waals surface area contributed by atoms with Gasteiger partial charge in [0, 0.05) is 6.54 Å². The van der Waals surface area contributed by atoms with Crippen molar-refractivity contribution in [2.75, 3.05) is 26.2 Å². The summed E-state index contributed by atoms with van der Waals surface area (Å²) in [5.41, 5.74) is 5.10. The monoisotopic (exact) mass is 323 g/mol. The van der Waals surface area contributed by atoms with Crippen LogP contribution in [0.25, 0.3) is 5.57 Å². The molecule has 0 atom stereocenters. The van der Waals surface area contributed by atoms with E-state index in [1.165, 1.54) is 22.3 Å². The van der Waals surface area contributed by atoms with E-state index in [1.807, 2.05) is 0 Å². The SMILES string of the molecule is CCN(CC)CCOc1ccc(C(=C(C)C)c2ccccc2)cc1. The Labute approximate surface area is 146 Å². The topological polar surface area (TPSA) is 12.5 Å². The van der Waals surface area contributed by atoms with Crippen molar-refractivity contribution in [2.45, 2.75) is 27.7 Å². The van der Waals surface area contributed by atoms with Crippen molar-refractivity contribution in [1.29, 1.82) is 0 Å². The van der Waals surface area contributed by atoms with Gasteiger partial charge in [-0.25, -0.2) is 0 Å². The van der Waals surface area contributed by atoms with Crippen LogP contribution in [-0.4, -0.2) is 31.1 Å². The van der Waals surface area contributed by atoms with Gasteiger partial charge in [0.25, 0.3) is 0 Å². The molecule has 0 radical (unpaired) electrons. The Morgan fingerprint density at radius 2 is 1.42 bits per heavy atom. The van der Waals surface area contributed by atoms with Crippen LogP contribution >= 0.6 is 0 Å². The number of nitrogens with zero attached hydrogens (tertiary/aromatic N) is 1. The highest BCUT2D eigenvalue weighted by Gasteiger charge is 2.07. The first-order valence-corrected chi connectivity index (χ1v) is 8.84. The molecule has 2 nitrogen and oxygen atoms in total. The van der Waals surface area contributed by atoms with E-state index >= 15 is 0 Å².